The molecule has 8 nitrogen and oxygen atoms in total. The molecule has 1 atom stereocenters. The van der Waals surface area contributed by atoms with Crippen molar-refractivity contribution in [1.82, 2.24) is 9.88 Å². The fraction of sp³-hybridized carbons (Fsp3) is 0.400. The maximum absolute atomic E-state index is 12.7. The number of urea groups is 1. The maximum atomic E-state index is 12.7. The second-order valence-electron chi connectivity index (χ2n) is 6.83. The first-order valence-electron chi connectivity index (χ1n) is 9.52. The first kappa shape index (κ1) is 20.8. The summed E-state index contributed by atoms with van der Waals surface area (Å²) in [6.07, 6.45) is 1.45. The first-order chi connectivity index (χ1) is 14.0. The van der Waals surface area contributed by atoms with Crippen LogP contribution in [0.25, 0.3) is 0 Å². The van der Waals surface area contributed by atoms with E-state index in [4.69, 9.17) is 4.74 Å². The third-order valence-corrected chi connectivity index (χ3v) is 5.31. The van der Waals surface area contributed by atoms with Gasteiger partial charge in [-0.05, 0) is 44.4 Å². The first-order valence-corrected chi connectivity index (χ1v) is 10.4. The molecule has 0 aliphatic carbocycles. The number of aryl methyl sites for hydroxylation is 1. The summed E-state index contributed by atoms with van der Waals surface area (Å²) in [5.74, 6) is -0.815. The van der Waals surface area contributed by atoms with Crippen molar-refractivity contribution >= 4 is 40.1 Å². The van der Waals surface area contributed by atoms with Crippen LogP contribution in [0.3, 0.4) is 0 Å². The monoisotopic (exact) mass is 416 g/mol. The van der Waals surface area contributed by atoms with E-state index >= 15 is 0 Å². The van der Waals surface area contributed by atoms with Gasteiger partial charge in [-0.1, -0.05) is 12.1 Å². The lowest BCUT2D eigenvalue weighted by Crippen LogP contribution is -2.43. The molecule has 9 heteroatoms. The lowest BCUT2D eigenvalue weighted by Gasteiger charge is -2.31. The smallest absolute Gasteiger partial charge is 0.325 e. The highest BCUT2D eigenvalue weighted by molar-refractivity contribution is 7.14. The second kappa shape index (κ2) is 9.51. The van der Waals surface area contributed by atoms with Crippen molar-refractivity contribution in [1.29, 1.82) is 0 Å². The van der Waals surface area contributed by atoms with Crippen molar-refractivity contribution in [2.24, 2.45) is 5.92 Å². The zero-order valence-electron chi connectivity index (χ0n) is 16.4. The number of nitrogens with one attached hydrogen (secondary N) is 2. The van der Waals surface area contributed by atoms with Gasteiger partial charge < -0.3 is 15.0 Å². The van der Waals surface area contributed by atoms with E-state index in [9.17, 15) is 14.4 Å². The Kier molecular flexibility index (Phi) is 6.82. The van der Waals surface area contributed by atoms with Crippen LogP contribution in [-0.2, 0) is 9.53 Å². The molecular formula is C20H24N4O4S. The molecule has 1 fully saturated rings. The summed E-state index contributed by atoms with van der Waals surface area (Å²) >= 11 is 1.18. The number of amides is 3. The van der Waals surface area contributed by atoms with E-state index in [1.165, 1.54) is 11.3 Å². The maximum Gasteiger partial charge on any atom is 0.325 e. The molecular weight excluding hydrogens is 392 g/mol. The summed E-state index contributed by atoms with van der Waals surface area (Å²) in [6.45, 7) is 4.93. The van der Waals surface area contributed by atoms with E-state index in [1.807, 2.05) is 25.1 Å². The molecule has 2 heterocycles. The van der Waals surface area contributed by atoms with Crippen molar-refractivity contribution in [3.63, 3.8) is 0 Å². The molecule has 1 aliphatic rings. The molecule has 1 unspecified atom stereocenters. The average Bonchev–Trinajstić information content (AvgIpc) is 3.16. The largest absolute Gasteiger partial charge is 0.466 e. The van der Waals surface area contributed by atoms with Crippen LogP contribution in [0.4, 0.5) is 15.6 Å². The van der Waals surface area contributed by atoms with Gasteiger partial charge in [-0.3, -0.25) is 14.9 Å². The number of anilines is 2. The molecule has 0 saturated carbocycles. The highest BCUT2D eigenvalue weighted by Crippen LogP contribution is 2.22. The average molecular weight is 417 g/mol. The van der Waals surface area contributed by atoms with Gasteiger partial charge in [0.15, 0.2) is 5.13 Å². The number of carbonyl (C=O) groups is 3. The summed E-state index contributed by atoms with van der Waals surface area (Å²) in [6, 6.07) is 7.01. The van der Waals surface area contributed by atoms with Crippen LogP contribution in [-0.4, -0.2) is 47.5 Å². The van der Waals surface area contributed by atoms with E-state index in [1.54, 1.807) is 23.3 Å². The minimum atomic E-state index is -0.427. The Morgan fingerprint density at radius 1 is 1.31 bits per heavy atom. The Balaban J connectivity index is 1.58. The molecule has 29 heavy (non-hydrogen) atoms. The Morgan fingerprint density at radius 2 is 2.14 bits per heavy atom. The third kappa shape index (κ3) is 5.54. The Morgan fingerprint density at radius 3 is 2.90 bits per heavy atom. The quantitative estimate of drug-likeness (QED) is 0.727. The van der Waals surface area contributed by atoms with Gasteiger partial charge >= 0.3 is 12.0 Å². The zero-order chi connectivity index (χ0) is 20.8. The minimum absolute atomic E-state index is 0.248. The number of hydrogen-bond acceptors (Lipinski definition) is 6. The molecule has 1 aromatic carbocycles. The number of carbonyl (C=O) groups excluding carboxylic acids is 3. The van der Waals surface area contributed by atoms with Gasteiger partial charge in [-0.15, -0.1) is 11.3 Å². The van der Waals surface area contributed by atoms with Gasteiger partial charge in [-0.25, -0.2) is 9.78 Å². The molecule has 1 saturated heterocycles. The molecule has 0 bridgehead atoms. The van der Waals surface area contributed by atoms with Crippen LogP contribution in [0.5, 0.6) is 0 Å². The number of hydrogen-bond donors (Lipinski definition) is 2. The summed E-state index contributed by atoms with van der Waals surface area (Å²) in [5, 5.41) is 7.32. The van der Waals surface area contributed by atoms with Gasteiger partial charge in [0.1, 0.15) is 5.69 Å². The van der Waals surface area contributed by atoms with Crippen LogP contribution in [0.1, 0.15) is 35.8 Å². The molecule has 1 aromatic heterocycles. The van der Waals surface area contributed by atoms with Crippen molar-refractivity contribution < 1.29 is 19.1 Å². The highest BCUT2D eigenvalue weighted by atomic mass is 32.1. The van der Waals surface area contributed by atoms with Gasteiger partial charge in [0.2, 0.25) is 0 Å². The standard InChI is InChI=1S/C20H24N4O4S/c1-3-28-18(26)14-7-5-9-24(11-14)17(25)16-12-29-20(22-16)23-19(27)21-15-8-4-6-13(2)10-15/h4,6,8,10,12,14H,3,5,7,9,11H2,1-2H3,(H2,21,22,23,27). The van der Waals surface area contributed by atoms with Crippen molar-refractivity contribution in [3.05, 3.63) is 40.9 Å². The molecule has 0 spiro atoms. The van der Waals surface area contributed by atoms with Crippen molar-refractivity contribution in [3.8, 4) is 0 Å². The van der Waals surface area contributed by atoms with Crippen LogP contribution in [0, 0.1) is 12.8 Å². The third-order valence-electron chi connectivity index (χ3n) is 4.55. The van der Waals surface area contributed by atoms with E-state index in [0.29, 0.717) is 36.9 Å². The fourth-order valence-corrected chi connectivity index (χ4v) is 3.87. The molecule has 1 aliphatic heterocycles. The number of aromatic nitrogens is 1. The normalized spacial score (nSPS) is 16.2. The highest BCUT2D eigenvalue weighted by Gasteiger charge is 2.30. The van der Waals surface area contributed by atoms with Gasteiger partial charge in [-0.2, -0.15) is 0 Å². The Labute approximate surface area is 173 Å². The number of rotatable bonds is 5. The number of benzene rings is 1. The number of ether oxygens (including phenoxy) is 1. The van der Waals surface area contributed by atoms with E-state index in [0.717, 1.165) is 12.0 Å². The fourth-order valence-electron chi connectivity index (χ4n) is 3.19. The molecule has 0 radical (unpaired) electrons. The topological polar surface area (TPSA) is 101 Å². The lowest BCUT2D eigenvalue weighted by atomic mass is 9.98. The molecule has 2 aromatic rings. The van der Waals surface area contributed by atoms with Crippen LogP contribution in [0.15, 0.2) is 29.6 Å². The van der Waals surface area contributed by atoms with Crippen LogP contribution < -0.4 is 10.6 Å². The molecule has 154 valence electrons. The van der Waals surface area contributed by atoms with E-state index in [-0.39, 0.29) is 23.5 Å². The zero-order valence-corrected chi connectivity index (χ0v) is 17.3. The summed E-state index contributed by atoms with van der Waals surface area (Å²) < 4.78 is 5.07. The summed E-state index contributed by atoms with van der Waals surface area (Å²) in [7, 11) is 0. The predicted molar refractivity (Wildman–Crippen MR) is 111 cm³/mol. The Bertz CT molecular complexity index is 898. The number of nitrogens with zero attached hydrogens (tertiary/aromatic N) is 2. The second-order valence-corrected chi connectivity index (χ2v) is 7.69. The van der Waals surface area contributed by atoms with Crippen molar-refractivity contribution in [2.75, 3.05) is 30.3 Å². The SMILES string of the molecule is CCOC(=O)C1CCCN(C(=O)c2csc(NC(=O)Nc3cccc(C)c3)n2)C1. The number of likely N-dealkylation sites (tertiary alicyclic amines) is 1. The Hall–Kier alpha value is -2.94. The van der Waals surface area contributed by atoms with E-state index in [2.05, 4.69) is 15.6 Å². The molecule has 3 amide bonds. The molecule has 2 N–H and O–H groups in total. The predicted octanol–water partition coefficient (Wildman–Crippen LogP) is 3.51. The van der Waals surface area contributed by atoms with Gasteiger partial charge in [0.25, 0.3) is 5.91 Å². The van der Waals surface area contributed by atoms with Crippen LogP contribution >= 0.6 is 11.3 Å². The van der Waals surface area contributed by atoms with E-state index < -0.39 is 6.03 Å². The molecule has 3 rings (SSSR count). The summed E-state index contributed by atoms with van der Waals surface area (Å²) in [5.41, 5.74) is 1.96. The van der Waals surface area contributed by atoms with Gasteiger partial charge in [0, 0.05) is 24.2 Å². The minimum Gasteiger partial charge on any atom is -0.466 e. The summed E-state index contributed by atoms with van der Waals surface area (Å²) in [4.78, 5) is 42.7. The number of esters is 1. The number of piperidine rings is 1. The van der Waals surface area contributed by atoms with Crippen LogP contribution in [0.2, 0.25) is 0 Å². The lowest BCUT2D eigenvalue weighted by molar-refractivity contribution is -0.149. The number of thiazole rings is 1. The van der Waals surface area contributed by atoms with Gasteiger partial charge in [0.05, 0.1) is 12.5 Å². The van der Waals surface area contributed by atoms with Crippen molar-refractivity contribution in [2.45, 2.75) is 26.7 Å².